The first-order chi connectivity index (χ1) is 18.2. The summed E-state index contributed by atoms with van der Waals surface area (Å²) in [6.07, 6.45) is 4.08. The van der Waals surface area contributed by atoms with Crippen LogP contribution in [0.2, 0.25) is 0 Å². The topological polar surface area (TPSA) is 148 Å². The van der Waals surface area contributed by atoms with Crippen LogP contribution in [0.3, 0.4) is 0 Å². The lowest BCUT2D eigenvalue weighted by Gasteiger charge is -2.12. The zero-order chi connectivity index (χ0) is 28.0. The summed E-state index contributed by atoms with van der Waals surface area (Å²) in [5, 5.41) is 9.44. The Morgan fingerprint density at radius 2 is 1.66 bits per heavy atom. The maximum absolute atomic E-state index is 12.8. The molecule has 0 unspecified atom stereocenters. The summed E-state index contributed by atoms with van der Waals surface area (Å²) in [4.78, 5) is 17.1. The summed E-state index contributed by atoms with van der Waals surface area (Å²) in [6.45, 7) is 4.00. The van der Waals surface area contributed by atoms with Gasteiger partial charge in [0.15, 0.2) is 10.7 Å². The normalized spacial score (nSPS) is 11.2. The molecule has 38 heavy (non-hydrogen) atoms. The van der Waals surface area contributed by atoms with Gasteiger partial charge in [0.05, 0.1) is 57.5 Å². The molecular weight excluding hydrogens is 536 g/mol. The third-order valence-electron chi connectivity index (χ3n) is 5.08. The highest BCUT2D eigenvalue weighted by Gasteiger charge is 2.21. The van der Waals surface area contributed by atoms with Crippen LogP contribution in [0.25, 0.3) is 22.3 Å². The van der Waals surface area contributed by atoms with Gasteiger partial charge in [-0.05, 0) is 6.08 Å². The van der Waals surface area contributed by atoms with Gasteiger partial charge >= 0.3 is 0 Å². The number of nitrogens with one attached hydrogen (secondary N) is 1. The van der Waals surface area contributed by atoms with Crippen LogP contribution in [0.4, 0.5) is 5.69 Å². The average molecular weight is 565 g/mol. The second kappa shape index (κ2) is 12.0. The molecule has 0 bridgehead atoms. The Morgan fingerprint density at radius 1 is 1.00 bits per heavy atom. The first-order valence-corrected chi connectivity index (χ1v) is 13.5. The number of methoxy groups -OCH3 is 4. The van der Waals surface area contributed by atoms with E-state index >= 15 is 0 Å². The Labute approximate surface area is 223 Å². The highest BCUT2D eigenvalue weighted by Crippen LogP contribution is 2.35. The summed E-state index contributed by atoms with van der Waals surface area (Å²) in [7, 11) is 3.39. The number of fused-ring (bicyclic) bond motifs is 1. The van der Waals surface area contributed by atoms with Crippen molar-refractivity contribution < 1.29 is 27.4 Å². The zero-order valence-electron chi connectivity index (χ0n) is 21.9. The number of aromatic nitrogens is 5. The summed E-state index contributed by atoms with van der Waals surface area (Å²) >= 11 is 1.10. The largest absolute Gasteiger partial charge is 0.496 e. The molecule has 0 aliphatic rings. The molecule has 4 aromatic rings. The molecule has 3 aromatic heterocycles. The van der Waals surface area contributed by atoms with E-state index in [1.807, 2.05) is 13.8 Å². The standard InChI is InChI=1S/C21H22N6O7S2.C2H6/c1-26-20(28)17(19-23-24-21(34-5)35-19)18-22-10-12(11-27(18)26)25-36(29,30)7-6-14-15(32-3)8-13(31-2)9-16(14)33-4;1-2/h6-11,25H,1-5H3;1-2H3/b7-6+;. The van der Waals surface area contributed by atoms with Gasteiger partial charge in [-0.2, -0.15) is 0 Å². The van der Waals surface area contributed by atoms with Gasteiger partial charge in [0.25, 0.3) is 20.8 Å². The fraction of sp³-hybridized carbons (Fsp3) is 0.304. The lowest BCUT2D eigenvalue weighted by atomic mass is 10.1. The summed E-state index contributed by atoms with van der Waals surface area (Å²) < 4.78 is 51.7. The average Bonchev–Trinajstić information content (AvgIpc) is 3.50. The van der Waals surface area contributed by atoms with Crippen molar-refractivity contribution >= 4 is 38.8 Å². The van der Waals surface area contributed by atoms with Crippen molar-refractivity contribution in [2.75, 3.05) is 33.2 Å². The molecule has 0 amide bonds. The molecule has 3 heterocycles. The van der Waals surface area contributed by atoms with Crippen LogP contribution in [-0.2, 0) is 17.1 Å². The molecule has 0 spiro atoms. The Kier molecular flexibility index (Phi) is 8.96. The van der Waals surface area contributed by atoms with Crippen molar-refractivity contribution in [3.63, 3.8) is 0 Å². The van der Waals surface area contributed by atoms with E-state index in [0.29, 0.717) is 33.0 Å². The lowest BCUT2D eigenvalue weighted by Crippen LogP contribution is -2.16. The van der Waals surface area contributed by atoms with Gasteiger partial charge < -0.3 is 18.9 Å². The number of anilines is 1. The third-order valence-corrected chi connectivity index (χ3v) is 7.00. The number of rotatable bonds is 9. The third kappa shape index (κ3) is 5.73. The number of aryl methyl sites for hydroxylation is 1. The van der Waals surface area contributed by atoms with E-state index in [0.717, 1.165) is 16.7 Å². The van der Waals surface area contributed by atoms with Gasteiger partial charge in [-0.25, -0.2) is 22.6 Å². The van der Waals surface area contributed by atoms with Crippen molar-refractivity contribution in [1.29, 1.82) is 0 Å². The number of hydrogen-bond donors (Lipinski definition) is 1. The Bertz CT molecular complexity index is 1600. The lowest BCUT2D eigenvalue weighted by molar-refractivity contribution is 0.374. The number of ether oxygens (including phenoxy) is 4. The molecule has 0 atom stereocenters. The highest BCUT2D eigenvalue weighted by molar-refractivity contribution is 7.95. The van der Waals surface area contributed by atoms with Crippen LogP contribution < -0.4 is 29.2 Å². The molecule has 0 saturated heterocycles. The maximum atomic E-state index is 12.8. The highest BCUT2D eigenvalue weighted by atomic mass is 32.2. The second-order valence-electron chi connectivity index (χ2n) is 7.19. The molecule has 0 radical (unpaired) electrons. The van der Waals surface area contributed by atoms with Crippen molar-refractivity contribution in [3.8, 4) is 33.0 Å². The van der Waals surface area contributed by atoms with Gasteiger partial charge in [0.2, 0.25) is 0 Å². The van der Waals surface area contributed by atoms with Crippen molar-refractivity contribution in [2.45, 2.75) is 13.8 Å². The number of benzene rings is 1. The summed E-state index contributed by atoms with van der Waals surface area (Å²) in [5.41, 5.74) is 0.677. The maximum Gasteiger partial charge on any atom is 0.294 e. The molecule has 204 valence electrons. The number of hydrogen-bond acceptors (Lipinski definition) is 11. The molecule has 1 N–H and O–H groups in total. The Morgan fingerprint density at radius 3 is 2.21 bits per heavy atom. The molecular formula is C23H28N6O7S2. The molecule has 0 fully saturated rings. The van der Waals surface area contributed by atoms with Crippen LogP contribution in [0.5, 0.6) is 22.4 Å². The van der Waals surface area contributed by atoms with Crippen molar-refractivity contribution in [3.05, 3.63) is 45.9 Å². The van der Waals surface area contributed by atoms with Gasteiger partial charge in [0, 0.05) is 19.2 Å². The molecule has 4 rings (SSSR count). The smallest absolute Gasteiger partial charge is 0.294 e. The van der Waals surface area contributed by atoms with Crippen LogP contribution in [0, 0.1) is 0 Å². The molecule has 13 nitrogen and oxygen atoms in total. The van der Waals surface area contributed by atoms with E-state index in [4.69, 9.17) is 18.9 Å². The Hall–Kier alpha value is -4.11. The summed E-state index contributed by atoms with van der Waals surface area (Å²) in [6, 6.07) is 3.22. The quantitative estimate of drug-likeness (QED) is 0.322. The SMILES string of the molecule is CC.COc1cc(OC)c(/C=C/S(=O)(=O)Nc2cnc3c(-c4nnc(OC)s4)c(=O)n(C)n3c2)c(OC)c1. The molecule has 0 saturated carbocycles. The molecule has 0 aliphatic heterocycles. The molecule has 0 aliphatic carbocycles. The molecule has 1 aromatic carbocycles. The van der Waals surface area contributed by atoms with Gasteiger partial charge in [-0.3, -0.25) is 9.52 Å². The van der Waals surface area contributed by atoms with Crippen molar-refractivity contribution in [1.82, 2.24) is 24.4 Å². The minimum absolute atomic E-state index is 0.132. The monoisotopic (exact) mass is 564 g/mol. The van der Waals surface area contributed by atoms with E-state index < -0.39 is 10.0 Å². The first-order valence-electron chi connectivity index (χ1n) is 11.2. The predicted octanol–water partition coefficient (Wildman–Crippen LogP) is 3.02. The minimum atomic E-state index is -3.99. The van der Waals surface area contributed by atoms with E-state index in [-0.39, 0.29) is 22.5 Å². The van der Waals surface area contributed by atoms with Gasteiger partial charge in [-0.1, -0.05) is 30.3 Å². The van der Waals surface area contributed by atoms with Crippen LogP contribution in [0.1, 0.15) is 19.4 Å². The van der Waals surface area contributed by atoms with E-state index in [2.05, 4.69) is 19.9 Å². The second-order valence-corrected chi connectivity index (χ2v) is 9.69. The predicted molar refractivity (Wildman–Crippen MR) is 145 cm³/mol. The molecule has 15 heteroatoms. The Balaban J connectivity index is 0.00000195. The van der Waals surface area contributed by atoms with Crippen LogP contribution in [0.15, 0.2) is 34.7 Å². The fourth-order valence-corrected chi connectivity index (χ4v) is 4.87. The number of sulfonamides is 1. The van der Waals surface area contributed by atoms with E-state index in [9.17, 15) is 13.2 Å². The van der Waals surface area contributed by atoms with Crippen molar-refractivity contribution in [2.24, 2.45) is 7.05 Å². The minimum Gasteiger partial charge on any atom is -0.496 e. The fourth-order valence-electron chi connectivity index (χ4n) is 3.37. The first kappa shape index (κ1) is 28.5. The van der Waals surface area contributed by atoms with E-state index in [1.165, 1.54) is 63.2 Å². The number of nitrogens with zero attached hydrogens (tertiary/aromatic N) is 5. The van der Waals surface area contributed by atoms with E-state index in [1.54, 1.807) is 12.1 Å². The van der Waals surface area contributed by atoms with Crippen LogP contribution in [-0.4, -0.2) is 61.2 Å². The zero-order valence-corrected chi connectivity index (χ0v) is 23.5. The van der Waals surface area contributed by atoms with Gasteiger partial charge in [-0.15, -0.1) is 5.10 Å². The summed E-state index contributed by atoms with van der Waals surface area (Å²) in [5.74, 6) is 1.22. The van der Waals surface area contributed by atoms with Crippen LogP contribution >= 0.6 is 11.3 Å². The van der Waals surface area contributed by atoms with Gasteiger partial charge in [0.1, 0.15) is 22.8 Å².